The molecule has 0 aliphatic rings. The SMILES string of the molecule is CNS(=O)c1ccc(C)cc1C(F)(F)F. The molecule has 0 amide bonds. The lowest BCUT2D eigenvalue weighted by atomic mass is 10.1. The number of hydrogen-bond acceptors (Lipinski definition) is 1. The van der Waals surface area contributed by atoms with E-state index in [1.54, 1.807) is 6.92 Å². The molecule has 0 fully saturated rings. The molecule has 0 spiro atoms. The largest absolute Gasteiger partial charge is 0.417 e. The van der Waals surface area contributed by atoms with Crippen LogP contribution in [0.3, 0.4) is 0 Å². The first-order chi connectivity index (χ1) is 6.86. The van der Waals surface area contributed by atoms with E-state index in [1.165, 1.54) is 19.2 Å². The standard InChI is InChI=1S/C9H10F3NOS/c1-6-3-4-8(15(14)13-2)7(5-6)9(10,11)12/h3-5,13H,1-2H3. The van der Waals surface area contributed by atoms with E-state index in [-0.39, 0.29) is 4.90 Å². The second-order valence-electron chi connectivity index (χ2n) is 2.97. The van der Waals surface area contributed by atoms with Crippen LogP contribution in [-0.4, -0.2) is 11.3 Å². The number of benzene rings is 1. The number of rotatable bonds is 2. The highest BCUT2D eigenvalue weighted by molar-refractivity contribution is 7.83. The van der Waals surface area contributed by atoms with E-state index in [1.807, 2.05) is 0 Å². The first-order valence-corrected chi connectivity index (χ1v) is 5.28. The monoisotopic (exact) mass is 237 g/mol. The maximum absolute atomic E-state index is 12.6. The summed E-state index contributed by atoms with van der Waals surface area (Å²) in [5, 5.41) is 0. The van der Waals surface area contributed by atoms with Gasteiger partial charge in [-0.3, -0.25) is 0 Å². The van der Waals surface area contributed by atoms with Crippen LogP contribution in [0.25, 0.3) is 0 Å². The molecular formula is C9H10F3NOS. The molecule has 0 saturated heterocycles. The Morgan fingerprint density at radius 2 is 1.93 bits per heavy atom. The Morgan fingerprint density at radius 3 is 2.40 bits per heavy atom. The third-order valence-corrected chi connectivity index (χ3v) is 2.95. The van der Waals surface area contributed by atoms with Crippen molar-refractivity contribution in [2.45, 2.75) is 18.0 Å². The number of halogens is 3. The minimum absolute atomic E-state index is 0.240. The van der Waals surface area contributed by atoms with Gasteiger partial charge in [-0.05, 0) is 26.1 Å². The van der Waals surface area contributed by atoms with Crippen molar-refractivity contribution in [1.82, 2.24) is 4.72 Å². The molecule has 15 heavy (non-hydrogen) atoms. The molecule has 1 rings (SSSR count). The minimum Gasteiger partial charge on any atom is -0.238 e. The maximum atomic E-state index is 12.6. The Hall–Kier alpha value is -0.880. The smallest absolute Gasteiger partial charge is 0.238 e. The van der Waals surface area contributed by atoms with Crippen LogP contribution in [0, 0.1) is 6.92 Å². The fourth-order valence-corrected chi connectivity index (χ4v) is 1.92. The van der Waals surface area contributed by atoms with E-state index < -0.39 is 22.7 Å². The molecular weight excluding hydrogens is 227 g/mol. The van der Waals surface area contributed by atoms with Crippen molar-refractivity contribution < 1.29 is 17.4 Å². The second-order valence-corrected chi connectivity index (χ2v) is 4.36. The van der Waals surface area contributed by atoms with Crippen molar-refractivity contribution in [1.29, 1.82) is 0 Å². The quantitative estimate of drug-likeness (QED) is 0.839. The van der Waals surface area contributed by atoms with Crippen molar-refractivity contribution in [3.05, 3.63) is 29.3 Å². The number of aryl methyl sites for hydroxylation is 1. The van der Waals surface area contributed by atoms with Gasteiger partial charge >= 0.3 is 6.18 Å². The van der Waals surface area contributed by atoms with E-state index >= 15 is 0 Å². The molecule has 1 aromatic carbocycles. The molecule has 0 heterocycles. The van der Waals surface area contributed by atoms with Crippen LogP contribution >= 0.6 is 0 Å². The maximum Gasteiger partial charge on any atom is 0.417 e. The Labute approximate surface area is 88.1 Å². The second kappa shape index (κ2) is 4.32. The van der Waals surface area contributed by atoms with Crippen LogP contribution in [0.2, 0.25) is 0 Å². The number of alkyl halides is 3. The topological polar surface area (TPSA) is 29.1 Å². The third-order valence-electron chi connectivity index (χ3n) is 1.83. The highest BCUT2D eigenvalue weighted by Gasteiger charge is 2.34. The summed E-state index contributed by atoms with van der Waals surface area (Å²) in [4.78, 5) is -0.240. The fraction of sp³-hybridized carbons (Fsp3) is 0.333. The minimum atomic E-state index is -4.48. The predicted octanol–water partition coefficient (Wildman–Crippen LogP) is 2.26. The van der Waals surface area contributed by atoms with Crippen molar-refractivity contribution in [2.24, 2.45) is 0 Å². The van der Waals surface area contributed by atoms with E-state index in [4.69, 9.17) is 0 Å². The van der Waals surface area contributed by atoms with Crippen LogP contribution in [0.4, 0.5) is 13.2 Å². The number of hydrogen-bond donors (Lipinski definition) is 1. The average molecular weight is 237 g/mol. The van der Waals surface area contributed by atoms with Crippen molar-refractivity contribution in [3.8, 4) is 0 Å². The molecule has 1 N–H and O–H groups in total. The van der Waals surface area contributed by atoms with Crippen molar-refractivity contribution in [2.75, 3.05) is 7.05 Å². The molecule has 84 valence electrons. The predicted molar refractivity (Wildman–Crippen MR) is 51.6 cm³/mol. The van der Waals surface area contributed by atoms with Gasteiger partial charge < -0.3 is 0 Å². The van der Waals surface area contributed by atoms with Gasteiger partial charge in [0, 0.05) is 0 Å². The van der Waals surface area contributed by atoms with Gasteiger partial charge in [-0.25, -0.2) is 8.93 Å². The molecule has 1 aromatic rings. The molecule has 0 bridgehead atoms. The molecule has 1 atom stereocenters. The van der Waals surface area contributed by atoms with E-state index in [9.17, 15) is 17.4 Å². The zero-order valence-corrected chi connectivity index (χ0v) is 9.00. The van der Waals surface area contributed by atoms with Gasteiger partial charge in [-0.15, -0.1) is 0 Å². The first-order valence-electron chi connectivity index (χ1n) is 4.13. The van der Waals surface area contributed by atoms with Gasteiger partial charge in [0.25, 0.3) is 0 Å². The molecule has 0 radical (unpaired) electrons. The molecule has 2 nitrogen and oxygen atoms in total. The van der Waals surface area contributed by atoms with Crippen LogP contribution in [-0.2, 0) is 17.2 Å². The van der Waals surface area contributed by atoms with Gasteiger partial charge in [0.1, 0.15) is 11.0 Å². The lowest BCUT2D eigenvalue weighted by Crippen LogP contribution is -2.17. The average Bonchev–Trinajstić information content (AvgIpc) is 2.15. The van der Waals surface area contributed by atoms with Gasteiger partial charge in [-0.2, -0.15) is 13.2 Å². The zero-order chi connectivity index (χ0) is 11.6. The Kier molecular flexibility index (Phi) is 3.51. The van der Waals surface area contributed by atoms with Gasteiger partial charge in [0.05, 0.1) is 10.5 Å². The summed E-state index contributed by atoms with van der Waals surface area (Å²) >= 11 is 0. The van der Waals surface area contributed by atoms with Crippen LogP contribution < -0.4 is 4.72 Å². The van der Waals surface area contributed by atoms with Crippen LogP contribution in [0.1, 0.15) is 11.1 Å². The van der Waals surface area contributed by atoms with Crippen molar-refractivity contribution >= 4 is 11.0 Å². The summed E-state index contributed by atoms with van der Waals surface area (Å²) in [5.74, 6) is 0. The van der Waals surface area contributed by atoms with Crippen molar-refractivity contribution in [3.63, 3.8) is 0 Å². The lowest BCUT2D eigenvalue weighted by molar-refractivity contribution is -0.139. The van der Waals surface area contributed by atoms with Gasteiger partial charge in [-0.1, -0.05) is 11.6 Å². The Bertz CT molecular complexity index is 389. The molecule has 0 saturated carbocycles. The highest BCUT2D eigenvalue weighted by atomic mass is 32.2. The van der Waals surface area contributed by atoms with Crippen LogP contribution in [0.15, 0.2) is 23.1 Å². The van der Waals surface area contributed by atoms with Gasteiger partial charge in [0.15, 0.2) is 0 Å². The van der Waals surface area contributed by atoms with E-state index in [0.29, 0.717) is 5.56 Å². The highest BCUT2D eigenvalue weighted by Crippen LogP contribution is 2.33. The van der Waals surface area contributed by atoms with E-state index in [2.05, 4.69) is 4.72 Å². The summed E-state index contributed by atoms with van der Waals surface area (Å²) in [6, 6.07) is 3.72. The third kappa shape index (κ3) is 2.79. The summed E-state index contributed by atoms with van der Waals surface area (Å²) in [7, 11) is -0.483. The normalized spacial score (nSPS) is 13.9. The Morgan fingerprint density at radius 1 is 1.33 bits per heavy atom. The summed E-state index contributed by atoms with van der Waals surface area (Å²) < 4.78 is 51.3. The van der Waals surface area contributed by atoms with Gasteiger partial charge in [0.2, 0.25) is 0 Å². The molecule has 1 unspecified atom stereocenters. The molecule has 6 heteroatoms. The summed E-state index contributed by atoms with van der Waals surface area (Å²) in [5.41, 5.74) is -0.366. The summed E-state index contributed by atoms with van der Waals surface area (Å²) in [6.45, 7) is 1.56. The fourth-order valence-electron chi connectivity index (χ4n) is 1.14. The molecule has 0 aliphatic carbocycles. The number of nitrogens with one attached hydrogen (secondary N) is 1. The van der Waals surface area contributed by atoms with E-state index in [0.717, 1.165) is 6.07 Å². The zero-order valence-electron chi connectivity index (χ0n) is 8.18. The first kappa shape index (κ1) is 12.2. The lowest BCUT2D eigenvalue weighted by Gasteiger charge is -2.12. The van der Waals surface area contributed by atoms with Crippen LogP contribution in [0.5, 0.6) is 0 Å². The molecule has 0 aliphatic heterocycles. The molecule has 0 aromatic heterocycles. The summed E-state index contributed by atoms with van der Waals surface area (Å²) in [6.07, 6.45) is -4.48. The Balaban J connectivity index is 3.33.